The minimum absolute atomic E-state index is 0.0677. The van der Waals surface area contributed by atoms with E-state index in [4.69, 9.17) is 0 Å². The number of hydrogen-bond donors (Lipinski definition) is 0. The van der Waals surface area contributed by atoms with Crippen molar-refractivity contribution in [3.63, 3.8) is 0 Å². The van der Waals surface area contributed by atoms with Crippen LogP contribution in [0.2, 0.25) is 0 Å². The molecule has 1 heterocycles. The van der Waals surface area contributed by atoms with Crippen molar-refractivity contribution in [2.24, 2.45) is 16.8 Å². The van der Waals surface area contributed by atoms with Crippen molar-refractivity contribution in [2.75, 3.05) is 12.3 Å². The molecule has 6 heteroatoms. The van der Waals surface area contributed by atoms with Gasteiger partial charge in [-0.05, 0) is 24.7 Å². The Hall–Kier alpha value is -0.710. The van der Waals surface area contributed by atoms with Crippen molar-refractivity contribution in [3.8, 4) is 0 Å². The van der Waals surface area contributed by atoms with Gasteiger partial charge in [0.1, 0.15) is 6.17 Å². The zero-order chi connectivity index (χ0) is 13.1. The van der Waals surface area contributed by atoms with Gasteiger partial charge in [-0.2, -0.15) is 9.30 Å². The molecule has 0 N–H and O–H groups in total. The molecule has 0 radical (unpaired) electrons. The third kappa shape index (κ3) is 3.63. The highest BCUT2D eigenvalue weighted by atomic mass is 32.2. The summed E-state index contributed by atoms with van der Waals surface area (Å²) in [5.41, 5.74) is 0. The molecule has 1 saturated heterocycles. The largest absolute Gasteiger partial charge is 0.236 e. The first-order valence-electron chi connectivity index (χ1n) is 5.95. The summed E-state index contributed by atoms with van der Waals surface area (Å²) >= 11 is 0. The van der Waals surface area contributed by atoms with Crippen molar-refractivity contribution >= 4 is 16.1 Å². The molecule has 1 aliphatic heterocycles. The molecule has 0 amide bonds. The molecule has 0 bridgehead atoms. The smallest absolute Gasteiger partial charge is 0.212 e. The van der Waals surface area contributed by atoms with E-state index in [1.165, 1.54) is 10.4 Å². The lowest BCUT2D eigenvalue weighted by Gasteiger charge is -2.35. The lowest BCUT2D eigenvalue weighted by Crippen LogP contribution is -2.48. The van der Waals surface area contributed by atoms with Crippen LogP contribution in [0.15, 0.2) is 4.99 Å². The summed E-state index contributed by atoms with van der Waals surface area (Å²) < 4.78 is 25.7. The highest BCUT2D eigenvalue weighted by molar-refractivity contribution is 7.89. The van der Waals surface area contributed by atoms with Gasteiger partial charge in [-0.3, -0.25) is 0 Å². The maximum atomic E-state index is 12.2. The monoisotopic (exact) mass is 260 g/mol. The molecular formula is C11H20N2O3S. The van der Waals surface area contributed by atoms with Crippen LogP contribution in [0.4, 0.5) is 0 Å². The van der Waals surface area contributed by atoms with E-state index in [0.29, 0.717) is 6.54 Å². The van der Waals surface area contributed by atoms with E-state index in [2.05, 4.69) is 4.99 Å². The summed E-state index contributed by atoms with van der Waals surface area (Å²) in [5, 5.41) is 0. The molecule has 2 atom stereocenters. The Kier molecular flexibility index (Phi) is 4.86. The Morgan fingerprint density at radius 2 is 2.12 bits per heavy atom. The molecule has 2 unspecified atom stereocenters. The standard InChI is InChI=1S/C11H20N2O3S/c1-9(2)7-17(15,16)13-6-4-5-10(3)11(13)12-8-14/h9-11H,4-7H2,1-3H3. The maximum Gasteiger partial charge on any atom is 0.236 e. The van der Waals surface area contributed by atoms with Crippen LogP contribution in [0.3, 0.4) is 0 Å². The highest BCUT2D eigenvalue weighted by Crippen LogP contribution is 2.27. The minimum atomic E-state index is -3.33. The number of piperidine rings is 1. The van der Waals surface area contributed by atoms with E-state index >= 15 is 0 Å². The number of nitrogens with zero attached hydrogens (tertiary/aromatic N) is 2. The van der Waals surface area contributed by atoms with Crippen LogP contribution in [-0.2, 0) is 14.8 Å². The Morgan fingerprint density at radius 3 is 2.65 bits per heavy atom. The predicted molar refractivity (Wildman–Crippen MR) is 65.6 cm³/mol. The fraction of sp³-hybridized carbons (Fsp3) is 0.909. The SMILES string of the molecule is CC(C)CS(=O)(=O)N1CCCC(C)C1N=C=O. The zero-order valence-corrected chi connectivity index (χ0v) is 11.4. The van der Waals surface area contributed by atoms with Gasteiger partial charge in [-0.1, -0.05) is 20.8 Å². The second-order valence-electron chi connectivity index (χ2n) is 5.04. The first-order valence-corrected chi connectivity index (χ1v) is 7.56. The van der Waals surface area contributed by atoms with E-state index < -0.39 is 16.2 Å². The number of aliphatic imine (C=N–C) groups is 1. The van der Waals surface area contributed by atoms with E-state index in [1.807, 2.05) is 20.8 Å². The summed E-state index contributed by atoms with van der Waals surface area (Å²) in [6.45, 7) is 6.10. The predicted octanol–water partition coefficient (Wildman–Crippen LogP) is 1.37. The first kappa shape index (κ1) is 14.4. The minimum Gasteiger partial charge on any atom is -0.212 e. The van der Waals surface area contributed by atoms with Gasteiger partial charge in [0.2, 0.25) is 16.1 Å². The molecule has 0 aromatic rings. The number of isocyanates is 1. The van der Waals surface area contributed by atoms with Crippen molar-refractivity contribution in [1.82, 2.24) is 4.31 Å². The van der Waals surface area contributed by atoms with Gasteiger partial charge < -0.3 is 0 Å². The molecule has 1 rings (SSSR count). The van der Waals surface area contributed by atoms with E-state index in [1.54, 1.807) is 0 Å². The van der Waals surface area contributed by atoms with Crippen LogP contribution >= 0.6 is 0 Å². The van der Waals surface area contributed by atoms with Crippen LogP contribution in [0.5, 0.6) is 0 Å². The van der Waals surface area contributed by atoms with Crippen molar-refractivity contribution in [2.45, 2.75) is 39.8 Å². The fourth-order valence-electron chi connectivity index (χ4n) is 2.20. The van der Waals surface area contributed by atoms with Crippen molar-refractivity contribution in [1.29, 1.82) is 0 Å². The molecule has 5 nitrogen and oxygen atoms in total. The van der Waals surface area contributed by atoms with Crippen LogP contribution in [0, 0.1) is 11.8 Å². The summed E-state index contributed by atoms with van der Waals surface area (Å²) in [4.78, 5) is 14.1. The van der Waals surface area contributed by atoms with Crippen molar-refractivity contribution in [3.05, 3.63) is 0 Å². The van der Waals surface area contributed by atoms with Crippen LogP contribution in [-0.4, -0.2) is 37.3 Å². The van der Waals surface area contributed by atoms with Gasteiger partial charge in [0.05, 0.1) is 5.75 Å². The molecule has 0 aromatic heterocycles. The maximum absolute atomic E-state index is 12.2. The molecule has 0 aliphatic carbocycles. The second-order valence-corrected chi connectivity index (χ2v) is 7.00. The molecular weight excluding hydrogens is 240 g/mol. The molecule has 17 heavy (non-hydrogen) atoms. The summed E-state index contributed by atoms with van der Waals surface area (Å²) in [7, 11) is -3.33. The molecule has 1 aliphatic rings. The van der Waals surface area contributed by atoms with Crippen LogP contribution in [0.25, 0.3) is 0 Å². The fourth-order valence-corrected chi connectivity index (χ4v) is 4.23. The first-order chi connectivity index (χ1) is 7.88. The molecule has 98 valence electrons. The average molecular weight is 260 g/mol. The van der Waals surface area contributed by atoms with Gasteiger partial charge >= 0.3 is 0 Å². The number of carbonyl (C=O) groups excluding carboxylic acids is 1. The number of hydrogen-bond acceptors (Lipinski definition) is 4. The molecule has 0 aromatic carbocycles. The Labute approximate surface area is 103 Å². The van der Waals surface area contributed by atoms with E-state index in [0.717, 1.165) is 12.8 Å². The normalized spacial score (nSPS) is 26.8. The second kappa shape index (κ2) is 5.76. The van der Waals surface area contributed by atoms with Gasteiger partial charge in [0, 0.05) is 6.54 Å². The molecule has 0 saturated carbocycles. The van der Waals surface area contributed by atoms with Gasteiger partial charge in [-0.25, -0.2) is 13.2 Å². The summed E-state index contributed by atoms with van der Waals surface area (Å²) in [5.74, 6) is 0.246. The average Bonchev–Trinajstić information content (AvgIpc) is 2.19. The van der Waals surface area contributed by atoms with E-state index in [-0.39, 0.29) is 17.6 Å². The lowest BCUT2D eigenvalue weighted by molar-refractivity contribution is 0.193. The third-order valence-corrected chi connectivity index (χ3v) is 5.13. The van der Waals surface area contributed by atoms with Crippen LogP contribution < -0.4 is 0 Å². The molecule has 1 fully saturated rings. The van der Waals surface area contributed by atoms with Crippen LogP contribution in [0.1, 0.15) is 33.6 Å². The zero-order valence-electron chi connectivity index (χ0n) is 10.6. The van der Waals surface area contributed by atoms with Gasteiger partial charge in [0.25, 0.3) is 0 Å². The van der Waals surface area contributed by atoms with E-state index in [9.17, 15) is 13.2 Å². The summed E-state index contributed by atoms with van der Waals surface area (Å²) in [6, 6.07) is 0. The van der Waals surface area contributed by atoms with Gasteiger partial charge in [0.15, 0.2) is 0 Å². The third-order valence-electron chi connectivity index (χ3n) is 2.93. The van der Waals surface area contributed by atoms with Gasteiger partial charge in [-0.15, -0.1) is 0 Å². The summed E-state index contributed by atoms with van der Waals surface area (Å²) in [6.07, 6.45) is 2.64. The Bertz CT molecular complexity index is 399. The quantitative estimate of drug-likeness (QED) is 0.566. The lowest BCUT2D eigenvalue weighted by atomic mass is 9.98. The Balaban J connectivity index is 2.96. The molecule has 0 spiro atoms. The number of sulfonamides is 1. The number of rotatable bonds is 4. The Morgan fingerprint density at radius 1 is 1.47 bits per heavy atom. The topological polar surface area (TPSA) is 66.8 Å². The highest BCUT2D eigenvalue weighted by Gasteiger charge is 2.36. The van der Waals surface area contributed by atoms with Crippen molar-refractivity contribution < 1.29 is 13.2 Å².